The van der Waals surface area contributed by atoms with E-state index in [-0.39, 0.29) is 12.5 Å². The number of benzene rings is 3. The number of hydrogen-bond acceptors (Lipinski definition) is 5. The Balaban J connectivity index is 1.58. The number of nitrogens with zero attached hydrogens (tertiary/aromatic N) is 2. The molecule has 2 unspecified atom stereocenters. The van der Waals surface area contributed by atoms with E-state index >= 15 is 0 Å². The second kappa shape index (κ2) is 10.5. The maximum Gasteiger partial charge on any atom is 0.410 e. The number of likely N-dealkylation sites (N-methyl/N-ethyl adjacent to an activating group) is 1. The van der Waals surface area contributed by atoms with Crippen LogP contribution >= 0.6 is 0 Å². The molecule has 0 saturated heterocycles. The lowest BCUT2D eigenvalue weighted by molar-refractivity contribution is -0.130. The van der Waals surface area contributed by atoms with Gasteiger partial charge < -0.3 is 20.3 Å². The second-order valence-corrected chi connectivity index (χ2v) is 10.3. The van der Waals surface area contributed by atoms with Crippen molar-refractivity contribution in [1.29, 1.82) is 0 Å². The summed E-state index contributed by atoms with van der Waals surface area (Å²) in [4.78, 5) is 42.4. The molecule has 2 N–H and O–H groups in total. The normalized spacial score (nSPS) is 16.3. The highest BCUT2D eigenvalue weighted by atomic mass is 16.6. The fraction of sp³-hybridized carbons (Fsp3) is 0.345. The maximum absolute atomic E-state index is 13.9. The molecule has 4 rings (SSSR count). The summed E-state index contributed by atoms with van der Waals surface area (Å²) >= 11 is 0. The van der Waals surface area contributed by atoms with Crippen LogP contribution < -0.4 is 15.5 Å². The van der Waals surface area contributed by atoms with Gasteiger partial charge >= 0.3 is 6.09 Å². The van der Waals surface area contributed by atoms with Crippen LogP contribution in [0.4, 0.5) is 16.2 Å². The third-order valence-corrected chi connectivity index (χ3v) is 6.42. The van der Waals surface area contributed by atoms with Gasteiger partial charge in [0, 0.05) is 13.6 Å². The Morgan fingerprint density at radius 2 is 1.76 bits per heavy atom. The van der Waals surface area contributed by atoms with Crippen LogP contribution in [0.1, 0.15) is 33.3 Å². The van der Waals surface area contributed by atoms with E-state index < -0.39 is 29.7 Å². The number of carbonyl (C=O) groups excluding carboxylic acids is 3. The average Bonchev–Trinajstić information content (AvgIpc) is 2.99. The summed E-state index contributed by atoms with van der Waals surface area (Å²) in [5, 5.41) is 8.32. The van der Waals surface area contributed by atoms with Gasteiger partial charge in [-0.1, -0.05) is 54.6 Å². The molecule has 3 amide bonds. The minimum Gasteiger partial charge on any atom is -0.444 e. The zero-order chi connectivity index (χ0) is 26.7. The molecular weight excluding hydrogens is 468 g/mol. The van der Waals surface area contributed by atoms with Crippen LogP contribution in [0, 0.1) is 0 Å². The number of ether oxygens (including phenoxy) is 1. The predicted octanol–water partition coefficient (Wildman–Crippen LogP) is 4.54. The molecule has 1 aliphatic heterocycles. The van der Waals surface area contributed by atoms with Crippen LogP contribution in [-0.4, -0.2) is 54.1 Å². The van der Waals surface area contributed by atoms with Gasteiger partial charge in [-0.05, 0) is 56.2 Å². The number of amides is 3. The highest BCUT2D eigenvalue weighted by molar-refractivity contribution is 6.04. The van der Waals surface area contributed by atoms with E-state index in [0.717, 1.165) is 27.7 Å². The largest absolute Gasteiger partial charge is 0.444 e. The van der Waals surface area contributed by atoms with Gasteiger partial charge in [0.25, 0.3) is 5.91 Å². The summed E-state index contributed by atoms with van der Waals surface area (Å²) in [6, 6.07) is 20.1. The topological polar surface area (TPSA) is 91.0 Å². The SMILES string of the molecule is CC(C(=O)NC1CNc2ccccc2N(Cc2cccc3ccccc23)C1=O)N(C)C(=O)OC(C)(C)C. The minimum atomic E-state index is -0.834. The van der Waals surface area contributed by atoms with Crippen LogP contribution in [-0.2, 0) is 20.9 Å². The van der Waals surface area contributed by atoms with Crippen molar-refractivity contribution in [2.24, 2.45) is 0 Å². The fourth-order valence-corrected chi connectivity index (χ4v) is 4.30. The molecule has 0 radical (unpaired) electrons. The molecule has 1 heterocycles. The van der Waals surface area contributed by atoms with Crippen molar-refractivity contribution >= 4 is 40.1 Å². The highest BCUT2D eigenvalue weighted by Crippen LogP contribution is 2.31. The quantitative estimate of drug-likeness (QED) is 0.535. The van der Waals surface area contributed by atoms with E-state index in [9.17, 15) is 14.4 Å². The van der Waals surface area contributed by atoms with Crippen molar-refractivity contribution in [3.63, 3.8) is 0 Å². The van der Waals surface area contributed by atoms with E-state index in [1.807, 2.05) is 66.7 Å². The first-order valence-electron chi connectivity index (χ1n) is 12.4. The van der Waals surface area contributed by atoms with Gasteiger partial charge in [0.2, 0.25) is 5.91 Å². The fourth-order valence-electron chi connectivity index (χ4n) is 4.30. The first-order valence-corrected chi connectivity index (χ1v) is 12.4. The zero-order valence-electron chi connectivity index (χ0n) is 21.9. The Morgan fingerprint density at radius 1 is 1.08 bits per heavy atom. The van der Waals surface area contributed by atoms with Crippen molar-refractivity contribution in [2.75, 3.05) is 23.8 Å². The summed E-state index contributed by atoms with van der Waals surface area (Å²) in [5.74, 6) is -0.671. The van der Waals surface area contributed by atoms with Crippen molar-refractivity contribution in [3.05, 3.63) is 72.3 Å². The Kier molecular flexibility index (Phi) is 7.38. The van der Waals surface area contributed by atoms with Gasteiger partial charge in [-0.25, -0.2) is 4.79 Å². The van der Waals surface area contributed by atoms with Crippen LogP contribution in [0.3, 0.4) is 0 Å². The molecule has 194 valence electrons. The molecule has 37 heavy (non-hydrogen) atoms. The summed E-state index contributed by atoms with van der Waals surface area (Å²) in [6.07, 6.45) is -0.606. The molecule has 2 atom stereocenters. The first-order chi connectivity index (χ1) is 17.5. The molecule has 3 aromatic carbocycles. The van der Waals surface area contributed by atoms with E-state index in [1.54, 1.807) is 32.6 Å². The predicted molar refractivity (Wildman–Crippen MR) is 145 cm³/mol. The lowest BCUT2D eigenvalue weighted by Crippen LogP contribution is -2.55. The zero-order valence-corrected chi connectivity index (χ0v) is 21.9. The number of rotatable bonds is 5. The molecule has 3 aromatic rings. The standard InChI is InChI=1S/C29H34N4O4/c1-19(32(5)28(36)37-29(2,3)4)26(34)31-24-17-30-23-15-8-9-16-25(23)33(27(24)35)18-21-13-10-12-20-11-6-7-14-22(20)21/h6-16,19,24,30H,17-18H2,1-5H3,(H,31,34). The van der Waals surface area contributed by atoms with E-state index in [0.29, 0.717) is 6.54 Å². The van der Waals surface area contributed by atoms with Gasteiger partial charge in [-0.3, -0.25) is 14.5 Å². The monoisotopic (exact) mass is 502 g/mol. The smallest absolute Gasteiger partial charge is 0.410 e. The Labute approximate surface area is 217 Å². The second-order valence-electron chi connectivity index (χ2n) is 10.3. The minimum absolute atomic E-state index is 0.219. The average molecular weight is 503 g/mol. The molecule has 8 nitrogen and oxygen atoms in total. The summed E-state index contributed by atoms with van der Waals surface area (Å²) in [5.41, 5.74) is 1.88. The Morgan fingerprint density at radius 3 is 2.51 bits per heavy atom. The molecular formula is C29H34N4O4. The number of para-hydroxylation sites is 2. The number of carbonyl (C=O) groups is 3. The van der Waals surface area contributed by atoms with Gasteiger partial charge in [-0.2, -0.15) is 0 Å². The molecule has 0 saturated carbocycles. The van der Waals surface area contributed by atoms with E-state index in [1.165, 1.54) is 11.9 Å². The van der Waals surface area contributed by atoms with Gasteiger partial charge in [0.1, 0.15) is 17.7 Å². The van der Waals surface area contributed by atoms with Crippen LogP contribution in [0.25, 0.3) is 10.8 Å². The maximum atomic E-state index is 13.9. The lowest BCUT2D eigenvalue weighted by atomic mass is 10.0. The number of nitrogens with one attached hydrogen (secondary N) is 2. The Hall–Kier alpha value is -4.07. The molecule has 1 aliphatic rings. The molecule has 8 heteroatoms. The Bertz CT molecular complexity index is 1310. The van der Waals surface area contributed by atoms with Crippen molar-refractivity contribution in [3.8, 4) is 0 Å². The summed E-state index contributed by atoms with van der Waals surface area (Å²) in [7, 11) is 1.51. The molecule has 0 spiro atoms. The number of hydrogen-bond donors (Lipinski definition) is 2. The third-order valence-electron chi connectivity index (χ3n) is 6.42. The molecule has 0 bridgehead atoms. The van der Waals surface area contributed by atoms with E-state index in [2.05, 4.69) is 10.6 Å². The van der Waals surface area contributed by atoms with E-state index in [4.69, 9.17) is 4.74 Å². The first kappa shape index (κ1) is 26.0. The molecule has 0 aliphatic carbocycles. The van der Waals surface area contributed by atoms with Crippen LogP contribution in [0.5, 0.6) is 0 Å². The van der Waals surface area contributed by atoms with Crippen LogP contribution in [0.15, 0.2) is 66.7 Å². The van der Waals surface area contributed by atoms with Gasteiger partial charge in [0.15, 0.2) is 0 Å². The molecule has 0 fully saturated rings. The number of anilines is 2. The molecule has 0 aromatic heterocycles. The lowest BCUT2D eigenvalue weighted by Gasteiger charge is -2.30. The highest BCUT2D eigenvalue weighted by Gasteiger charge is 2.34. The number of fused-ring (bicyclic) bond motifs is 2. The summed E-state index contributed by atoms with van der Waals surface area (Å²) in [6.45, 7) is 7.47. The summed E-state index contributed by atoms with van der Waals surface area (Å²) < 4.78 is 5.38. The van der Waals surface area contributed by atoms with Gasteiger partial charge in [0.05, 0.1) is 17.9 Å². The van der Waals surface area contributed by atoms with Crippen molar-refractivity contribution in [2.45, 2.75) is 51.9 Å². The van der Waals surface area contributed by atoms with Gasteiger partial charge in [-0.15, -0.1) is 0 Å². The van der Waals surface area contributed by atoms with Crippen LogP contribution in [0.2, 0.25) is 0 Å². The third kappa shape index (κ3) is 5.85. The van der Waals surface area contributed by atoms with Crippen molar-refractivity contribution in [1.82, 2.24) is 10.2 Å². The van der Waals surface area contributed by atoms with Crippen molar-refractivity contribution < 1.29 is 19.1 Å².